The van der Waals surface area contributed by atoms with Crippen LogP contribution >= 0.6 is 0 Å². The quantitative estimate of drug-likeness (QED) is 0.574. The van der Waals surface area contributed by atoms with Crippen LogP contribution in [0, 0.1) is 0 Å². The molecule has 102 valence electrons. The number of benzene rings is 1. The van der Waals surface area contributed by atoms with E-state index in [1.807, 2.05) is 6.92 Å². The molecule has 0 heterocycles. The van der Waals surface area contributed by atoms with Crippen molar-refractivity contribution in [3.8, 4) is 11.5 Å². The maximum atomic E-state index is 9.91. The van der Waals surface area contributed by atoms with Crippen LogP contribution in [0.3, 0.4) is 0 Å². The van der Waals surface area contributed by atoms with Crippen molar-refractivity contribution in [1.82, 2.24) is 5.32 Å². The molecule has 4 N–H and O–H groups in total. The Hall–Kier alpha value is -1.30. The van der Waals surface area contributed by atoms with E-state index >= 15 is 0 Å². The molecule has 0 spiro atoms. The zero-order chi connectivity index (χ0) is 13.6. The molecule has 0 saturated carbocycles. The van der Waals surface area contributed by atoms with Crippen molar-refractivity contribution < 1.29 is 20.1 Å². The van der Waals surface area contributed by atoms with Gasteiger partial charge in [-0.05, 0) is 12.5 Å². The van der Waals surface area contributed by atoms with Gasteiger partial charge in [0.25, 0.3) is 0 Å². The maximum absolute atomic E-state index is 9.91. The molecule has 1 aromatic rings. The summed E-state index contributed by atoms with van der Waals surface area (Å²) in [6, 6.07) is 5.21. The predicted octanol–water partition coefficient (Wildman–Crippen LogP) is 0.624. The third-order valence-corrected chi connectivity index (χ3v) is 3.24. The number of methoxy groups -OCH3 is 1. The minimum absolute atomic E-state index is 0.0772. The number of phenolic OH excluding ortho intramolecular Hbond substituents is 1. The third-order valence-electron chi connectivity index (χ3n) is 3.24. The summed E-state index contributed by atoms with van der Waals surface area (Å²) < 4.78 is 5.02. The number of para-hydroxylation sites is 1. The Kier molecular flexibility index (Phi) is 5.40. The molecular weight excluding hydrogens is 234 g/mol. The SMILES string of the molecule is CCC(CO)(CO)NCc1cccc(OC)c1O. The number of hydrogen-bond acceptors (Lipinski definition) is 5. The van der Waals surface area contributed by atoms with Crippen LogP contribution in [-0.2, 0) is 6.54 Å². The highest BCUT2D eigenvalue weighted by Crippen LogP contribution is 2.29. The van der Waals surface area contributed by atoms with Crippen LogP contribution in [0.2, 0.25) is 0 Å². The fraction of sp³-hybridized carbons (Fsp3) is 0.538. The second kappa shape index (κ2) is 6.58. The normalized spacial score (nSPS) is 11.6. The molecule has 0 amide bonds. The summed E-state index contributed by atoms with van der Waals surface area (Å²) in [7, 11) is 1.49. The van der Waals surface area contributed by atoms with Crippen molar-refractivity contribution in [2.45, 2.75) is 25.4 Å². The van der Waals surface area contributed by atoms with Crippen LogP contribution in [0.25, 0.3) is 0 Å². The van der Waals surface area contributed by atoms with E-state index in [-0.39, 0.29) is 19.0 Å². The first-order valence-electron chi connectivity index (χ1n) is 5.94. The van der Waals surface area contributed by atoms with Crippen molar-refractivity contribution >= 4 is 0 Å². The van der Waals surface area contributed by atoms with E-state index < -0.39 is 5.54 Å². The Morgan fingerprint density at radius 3 is 2.44 bits per heavy atom. The van der Waals surface area contributed by atoms with E-state index in [9.17, 15) is 15.3 Å². The number of nitrogens with one attached hydrogen (secondary N) is 1. The molecule has 0 atom stereocenters. The lowest BCUT2D eigenvalue weighted by atomic mass is 9.98. The number of rotatable bonds is 7. The molecule has 18 heavy (non-hydrogen) atoms. The zero-order valence-electron chi connectivity index (χ0n) is 10.8. The molecule has 0 aliphatic heterocycles. The molecule has 0 aliphatic carbocycles. The number of hydrogen-bond donors (Lipinski definition) is 4. The summed E-state index contributed by atoms with van der Waals surface area (Å²) in [5.74, 6) is 0.484. The van der Waals surface area contributed by atoms with Gasteiger partial charge in [-0.25, -0.2) is 0 Å². The Balaban J connectivity index is 2.79. The summed E-state index contributed by atoms with van der Waals surface area (Å²) in [6.45, 7) is 1.90. The maximum Gasteiger partial charge on any atom is 0.162 e. The van der Waals surface area contributed by atoms with Gasteiger partial charge in [-0.3, -0.25) is 0 Å². The first-order chi connectivity index (χ1) is 8.62. The topological polar surface area (TPSA) is 82.0 Å². The molecule has 0 aliphatic rings. The highest BCUT2D eigenvalue weighted by atomic mass is 16.5. The lowest BCUT2D eigenvalue weighted by Gasteiger charge is -2.30. The van der Waals surface area contributed by atoms with Crippen molar-refractivity contribution in [3.05, 3.63) is 23.8 Å². The average Bonchev–Trinajstić information content (AvgIpc) is 2.42. The fourth-order valence-electron chi connectivity index (χ4n) is 1.67. The molecular formula is C13H21NO4. The molecule has 1 aromatic carbocycles. The van der Waals surface area contributed by atoms with Crippen LogP contribution in [0.15, 0.2) is 18.2 Å². The number of aliphatic hydroxyl groups is 2. The molecule has 5 nitrogen and oxygen atoms in total. The Morgan fingerprint density at radius 1 is 1.28 bits per heavy atom. The highest BCUT2D eigenvalue weighted by molar-refractivity contribution is 5.45. The summed E-state index contributed by atoms with van der Waals surface area (Å²) >= 11 is 0. The van der Waals surface area contributed by atoms with Crippen LogP contribution in [-0.4, -0.2) is 41.2 Å². The van der Waals surface area contributed by atoms with Crippen LogP contribution < -0.4 is 10.1 Å². The largest absolute Gasteiger partial charge is 0.504 e. The monoisotopic (exact) mass is 255 g/mol. The second-order valence-electron chi connectivity index (χ2n) is 4.27. The first kappa shape index (κ1) is 14.8. The molecule has 0 saturated heterocycles. The van der Waals surface area contributed by atoms with Crippen LogP contribution in [0.5, 0.6) is 11.5 Å². The minimum atomic E-state index is -0.727. The second-order valence-corrected chi connectivity index (χ2v) is 4.27. The van der Waals surface area contributed by atoms with E-state index in [2.05, 4.69) is 5.32 Å². The number of aromatic hydroxyl groups is 1. The van der Waals surface area contributed by atoms with Gasteiger partial charge in [0.1, 0.15) is 0 Å². The average molecular weight is 255 g/mol. The van der Waals surface area contributed by atoms with Gasteiger partial charge in [-0.2, -0.15) is 0 Å². The number of phenols is 1. The highest BCUT2D eigenvalue weighted by Gasteiger charge is 2.26. The van der Waals surface area contributed by atoms with E-state index in [0.29, 0.717) is 24.3 Å². The van der Waals surface area contributed by atoms with Crippen LogP contribution in [0.4, 0.5) is 0 Å². The summed E-state index contributed by atoms with van der Waals surface area (Å²) in [4.78, 5) is 0. The van der Waals surface area contributed by atoms with Crippen molar-refractivity contribution in [3.63, 3.8) is 0 Å². The third kappa shape index (κ3) is 3.13. The Bertz CT molecular complexity index is 369. The minimum Gasteiger partial charge on any atom is -0.504 e. The Morgan fingerprint density at radius 2 is 1.94 bits per heavy atom. The summed E-state index contributed by atoms with van der Waals surface area (Å²) in [5, 5.41) is 31.6. The Labute approximate surface area is 107 Å². The van der Waals surface area contributed by atoms with Gasteiger partial charge in [-0.1, -0.05) is 19.1 Å². The molecule has 0 unspecified atom stereocenters. The van der Waals surface area contributed by atoms with Gasteiger partial charge in [0, 0.05) is 12.1 Å². The fourth-order valence-corrected chi connectivity index (χ4v) is 1.67. The van der Waals surface area contributed by atoms with Gasteiger partial charge < -0.3 is 25.4 Å². The van der Waals surface area contributed by atoms with E-state index in [0.717, 1.165) is 0 Å². The van der Waals surface area contributed by atoms with Gasteiger partial charge in [0.15, 0.2) is 11.5 Å². The molecule has 1 rings (SSSR count). The number of aliphatic hydroxyl groups excluding tert-OH is 2. The lowest BCUT2D eigenvalue weighted by molar-refractivity contribution is 0.0862. The zero-order valence-corrected chi connectivity index (χ0v) is 10.8. The summed E-state index contributed by atoms with van der Waals surface area (Å²) in [5.41, 5.74) is -0.0655. The molecule has 0 radical (unpaired) electrons. The first-order valence-corrected chi connectivity index (χ1v) is 5.94. The van der Waals surface area contributed by atoms with Crippen molar-refractivity contribution in [2.24, 2.45) is 0 Å². The van der Waals surface area contributed by atoms with Gasteiger partial charge >= 0.3 is 0 Å². The predicted molar refractivity (Wildman–Crippen MR) is 68.7 cm³/mol. The molecule has 0 fully saturated rings. The standard InChI is InChI=1S/C13H21NO4/c1-3-13(8-15,9-16)14-7-10-5-4-6-11(18-2)12(10)17/h4-6,14-17H,3,7-9H2,1-2H3. The van der Waals surface area contributed by atoms with Gasteiger partial charge in [0.2, 0.25) is 0 Å². The smallest absolute Gasteiger partial charge is 0.162 e. The van der Waals surface area contributed by atoms with Crippen molar-refractivity contribution in [1.29, 1.82) is 0 Å². The molecule has 5 heteroatoms. The van der Waals surface area contributed by atoms with Crippen molar-refractivity contribution in [2.75, 3.05) is 20.3 Å². The number of ether oxygens (including phenoxy) is 1. The van der Waals surface area contributed by atoms with Gasteiger partial charge in [-0.15, -0.1) is 0 Å². The van der Waals surface area contributed by atoms with E-state index in [1.165, 1.54) is 7.11 Å². The van der Waals surface area contributed by atoms with Gasteiger partial charge in [0.05, 0.1) is 25.9 Å². The molecule has 0 bridgehead atoms. The van der Waals surface area contributed by atoms with E-state index in [1.54, 1.807) is 18.2 Å². The summed E-state index contributed by atoms with van der Waals surface area (Å²) in [6.07, 6.45) is 0.588. The van der Waals surface area contributed by atoms with E-state index in [4.69, 9.17) is 4.74 Å². The molecule has 0 aromatic heterocycles. The lowest BCUT2D eigenvalue weighted by Crippen LogP contribution is -2.50. The van der Waals surface area contributed by atoms with Crippen LogP contribution in [0.1, 0.15) is 18.9 Å².